The molecule has 0 aliphatic heterocycles. The Kier molecular flexibility index (Phi) is 6.64. The quantitative estimate of drug-likeness (QED) is 0.199. The Morgan fingerprint density at radius 2 is 1.87 bits per heavy atom. The van der Waals surface area contributed by atoms with Gasteiger partial charge in [-0.1, -0.05) is 11.6 Å². The molecule has 0 amide bonds. The molecule has 3 aromatic rings. The first kappa shape index (κ1) is 23.5. The standard InChI is InChI=1S/C20H22ClF4N3O2S/c1-31(2,3)7-6-29-11-28-10-13(20(23,24)25)18-16(9-17(21)27-19(18)28)30-15-5-4-12(26)8-14(15)22/h4-5,8-10H,6-7,11,26H2,1-3H3. The lowest BCUT2D eigenvalue weighted by molar-refractivity contribution is -0.136. The van der Waals surface area contributed by atoms with Crippen molar-refractivity contribution < 1.29 is 27.0 Å². The van der Waals surface area contributed by atoms with E-state index in [0.717, 1.165) is 24.1 Å². The summed E-state index contributed by atoms with van der Waals surface area (Å²) in [5.41, 5.74) is 4.61. The predicted octanol–water partition coefficient (Wildman–Crippen LogP) is 5.89. The molecule has 0 atom stereocenters. The van der Waals surface area contributed by atoms with E-state index in [9.17, 15) is 17.6 Å². The molecule has 2 aromatic heterocycles. The largest absolute Gasteiger partial charge is 0.453 e. The van der Waals surface area contributed by atoms with Crippen molar-refractivity contribution in [2.24, 2.45) is 0 Å². The van der Waals surface area contributed by atoms with Crippen molar-refractivity contribution >= 4 is 38.3 Å². The zero-order valence-electron chi connectivity index (χ0n) is 17.1. The SMILES string of the molecule is CS(C)(C)CCOCn1cc(C(F)(F)F)c2c(Oc3ccc(N)cc3F)cc(Cl)nc21. The summed E-state index contributed by atoms with van der Waals surface area (Å²) in [6.07, 6.45) is 2.54. The van der Waals surface area contributed by atoms with Gasteiger partial charge in [0.05, 0.1) is 17.6 Å². The average Bonchev–Trinajstić information content (AvgIpc) is 2.99. The van der Waals surface area contributed by atoms with Gasteiger partial charge in [-0.15, -0.1) is 0 Å². The van der Waals surface area contributed by atoms with Gasteiger partial charge in [-0.25, -0.2) is 19.4 Å². The van der Waals surface area contributed by atoms with Crippen molar-refractivity contribution in [1.82, 2.24) is 9.55 Å². The summed E-state index contributed by atoms with van der Waals surface area (Å²) < 4.78 is 67.8. The van der Waals surface area contributed by atoms with Crippen LogP contribution in [0.25, 0.3) is 11.0 Å². The maximum absolute atomic E-state index is 14.2. The molecule has 3 rings (SSSR count). The van der Waals surface area contributed by atoms with Crippen LogP contribution in [-0.4, -0.2) is 40.7 Å². The molecule has 0 bridgehead atoms. The Morgan fingerprint density at radius 3 is 2.48 bits per heavy atom. The Bertz CT molecular complexity index is 1100. The van der Waals surface area contributed by atoms with Crippen LogP contribution in [0.2, 0.25) is 5.15 Å². The lowest BCUT2D eigenvalue weighted by Gasteiger charge is -2.24. The number of ether oxygens (including phenoxy) is 2. The van der Waals surface area contributed by atoms with Crippen molar-refractivity contribution in [2.45, 2.75) is 12.9 Å². The third-order valence-electron chi connectivity index (χ3n) is 4.31. The van der Waals surface area contributed by atoms with E-state index in [1.54, 1.807) is 0 Å². The number of hydrogen-bond acceptors (Lipinski definition) is 4. The van der Waals surface area contributed by atoms with E-state index < -0.39 is 27.6 Å². The summed E-state index contributed by atoms with van der Waals surface area (Å²) in [6, 6.07) is 4.73. The van der Waals surface area contributed by atoms with Crippen molar-refractivity contribution in [1.29, 1.82) is 0 Å². The Balaban J connectivity index is 2.04. The van der Waals surface area contributed by atoms with E-state index >= 15 is 0 Å². The van der Waals surface area contributed by atoms with E-state index in [4.69, 9.17) is 26.8 Å². The van der Waals surface area contributed by atoms with E-state index in [0.29, 0.717) is 6.61 Å². The van der Waals surface area contributed by atoms with Gasteiger partial charge in [-0.2, -0.15) is 13.2 Å². The lowest BCUT2D eigenvalue weighted by atomic mass is 10.2. The summed E-state index contributed by atoms with van der Waals surface area (Å²) >= 11 is 6.03. The molecule has 31 heavy (non-hydrogen) atoms. The number of alkyl halides is 3. The van der Waals surface area contributed by atoms with Crippen LogP contribution in [-0.2, 0) is 17.6 Å². The molecule has 11 heteroatoms. The van der Waals surface area contributed by atoms with Gasteiger partial charge < -0.3 is 19.8 Å². The molecule has 0 spiro atoms. The summed E-state index contributed by atoms with van der Waals surface area (Å²) in [5, 5.41) is -0.441. The number of halogens is 5. The van der Waals surface area contributed by atoms with Crippen LogP contribution >= 0.6 is 21.6 Å². The fourth-order valence-electron chi connectivity index (χ4n) is 2.81. The predicted molar refractivity (Wildman–Crippen MR) is 117 cm³/mol. The maximum Gasteiger partial charge on any atom is 0.418 e. The molecule has 0 saturated carbocycles. The third kappa shape index (κ3) is 5.75. The number of fused-ring (bicyclic) bond motifs is 1. The first-order valence-corrected chi connectivity index (χ1v) is 12.5. The Morgan fingerprint density at radius 1 is 1.16 bits per heavy atom. The number of aromatic nitrogens is 2. The van der Waals surface area contributed by atoms with Gasteiger partial charge in [0.2, 0.25) is 0 Å². The summed E-state index contributed by atoms with van der Waals surface area (Å²) in [7, 11) is -0.810. The van der Waals surface area contributed by atoms with Crippen LogP contribution < -0.4 is 10.5 Å². The fourth-order valence-corrected chi connectivity index (χ4v) is 3.60. The van der Waals surface area contributed by atoms with Crippen molar-refractivity contribution in [3.8, 4) is 11.5 Å². The number of hydrogen-bond donors (Lipinski definition) is 1. The van der Waals surface area contributed by atoms with E-state index in [1.807, 2.05) is 0 Å². The molecule has 2 heterocycles. The van der Waals surface area contributed by atoms with Gasteiger partial charge >= 0.3 is 6.18 Å². The normalized spacial score (nSPS) is 13.0. The van der Waals surface area contributed by atoms with Crippen LogP contribution in [0.4, 0.5) is 23.2 Å². The second kappa shape index (κ2) is 8.76. The maximum atomic E-state index is 14.2. The van der Waals surface area contributed by atoms with Crippen molar-refractivity contribution in [3.05, 3.63) is 47.0 Å². The van der Waals surface area contributed by atoms with Gasteiger partial charge in [-0.3, -0.25) is 0 Å². The topological polar surface area (TPSA) is 62.3 Å². The highest BCUT2D eigenvalue weighted by Gasteiger charge is 2.37. The average molecular weight is 480 g/mol. The highest BCUT2D eigenvalue weighted by Crippen LogP contribution is 2.42. The molecule has 0 saturated heterocycles. The molecule has 0 unspecified atom stereocenters. The van der Waals surface area contributed by atoms with Gasteiger partial charge in [-0.05, 0) is 30.9 Å². The number of nitrogens with zero attached hydrogens (tertiary/aromatic N) is 2. The fraction of sp³-hybridized carbons (Fsp3) is 0.350. The van der Waals surface area contributed by atoms with E-state index in [2.05, 4.69) is 23.8 Å². The minimum Gasteiger partial charge on any atom is -0.453 e. The third-order valence-corrected chi connectivity index (χ3v) is 5.90. The Labute approximate surface area is 183 Å². The van der Waals surface area contributed by atoms with Gasteiger partial charge in [0.1, 0.15) is 23.3 Å². The molecule has 2 N–H and O–H groups in total. The lowest BCUT2D eigenvalue weighted by Crippen LogP contribution is -2.10. The van der Waals surface area contributed by atoms with Crippen molar-refractivity contribution in [2.75, 3.05) is 36.9 Å². The number of rotatable bonds is 7. The van der Waals surface area contributed by atoms with Crippen LogP contribution in [0, 0.1) is 5.82 Å². The minimum absolute atomic E-state index is 0.0752. The molecule has 0 aliphatic rings. The number of nitrogens with two attached hydrogens (primary N) is 1. The van der Waals surface area contributed by atoms with Gasteiger partial charge in [0, 0.05) is 29.8 Å². The number of nitrogen functional groups attached to an aromatic ring is 1. The van der Waals surface area contributed by atoms with Gasteiger partial charge in [0.15, 0.2) is 11.6 Å². The summed E-state index contributed by atoms with van der Waals surface area (Å²) in [6.45, 7) is 0.242. The molecule has 170 valence electrons. The van der Waals surface area contributed by atoms with Gasteiger partial charge in [0.25, 0.3) is 0 Å². The van der Waals surface area contributed by atoms with Crippen molar-refractivity contribution in [3.63, 3.8) is 0 Å². The molecule has 1 aromatic carbocycles. The Hall–Kier alpha value is -2.17. The molecule has 0 fully saturated rings. The van der Waals surface area contributed by atoms with Crippen LogP contribution in [0.5, 0.6) is 11.5 Å². The molecule has 0 radical (unpaired) electrons. The molecular weight excluding hydrogens is 458 g/mol. The van der Waals surface area contributed by atoms with Crippen LogP contribution in [0.1, 0.15) is 5.56 Å². The first-order chi connectivity index (χ1) is 14.3. The number of benzene rings is 1. The highest BCUT2D eigenvalue weighted by atomic mass is 35.5. The zero-order valence-corrected chi connectivity index (χ0v) is 18.7. The second-order valence-electron chi connectivity index (χ2n) is 7.78. The molecule has 5 nitrogen and oxygen atoms in total. The van der Waals surface area contributed by atoms with E-state index in [-0.39, 0.29) is 40.1 Å². The number of anilines is 1. The minimum atomic E-state index is -4.70. The summed E-state index contributed by atoms with van der Waals surface area (Å²) in [5.74, 6) is -0.578. The van der Waals surface area contributed by atoms with E-state index in [1.165, 1.54) is 16.7 Å². The number of pyridine rings is 1. The monoisotopic (exact) mass is 479 g/mol. The highest BCUT2D eigenvalue weighted by molar-refractivity contribution is 8.32. The van der Waals surface area contributed by atoms with Crippen LogP contribution in [0.3, 0.4) is 0 Å². The zero-order chi connectivity index (χ0) is 23.0. The second-order valence-corrected chi connectivity index (χ2v) is 12.8. The summed E-state index contributed by atoms with van der Waals surface area (Å²) in [4.78, 5) is 4.04. The van der Waals surface area contributed by atoms with Crippen LogP contribution in [0.15, 0.2) is 30.5 Å². The first-order valence-electron chi connectivity index (χ1n) is 9.08. The molecule has 0 aliphatic carbocycles. The molecular formula is C20H22ClF4N3O2S. The smallest absolute Gasteiger partial charge is 0.418 e.